The summed E-state index contributed by atoms with van der Waals surface area (Å²) < 4.78 is 5.25. The van der Waals surface area contributed by atoms with Gasteiger partial charge in [0.2, 0.25) is 0 Å². The molecule has 20 heavy (non-hydrogen) atoms. The molecule has 0 saturated heterocycles. The van der Waals surface area contributed by atoms with Crippen molar-refractivity contribution >= 4 is 11.9 Å². The van der Waals surface area contributed by atoms with Gasteiger partial charge in [0.05, 0.1) is 5.41 Å². The van der Waals surface area contributed by atoms with Gasteiger partial charge < -0.3 is 15.2 Å². The Kier molecular flexibility index (Phi) is 5.99. The Morgan fingerprint density at radius 2 is 1.80 bits per heavy atom. The van der Waals surface area contributed by atoms with Crippen LogP contribution in [0.25, 0.3) is 0 Å². The van der Waals surface area contributed by atoms with Crippen molar-refractivity contribution in [2.45, 2.75) is 64.4 Å². The molecule has 116 valence electrons. The van der Waals surface area contributed by atoms with Crippen LogP contribution in [-0.2, 0) is 14.3 Å². The maximum absolute atomic E-state index is 12.2. The summed E-state index contributed by atoms with van der Waals surface area (Å²) >= 11 is 0. The second-order valence-electron chi connectivity index (χ2n) is 5.97. The fourth-order valence-electron chi connectivity index (χ4n) is 2.71. The van der Waals surface area contributed by atoms with Crippen LogP contribution < -0.4 is 5.32 Å². The molecule has 0 bridgehead atoms. The van der Waals surface area contributed by atoms with Gasteiger partial charge in [0.15, 0.2) is 0 Å². The second kappa shape index (κ2) is 7.07. The molecule has 1 fully saturated rings. The van der Waals surface area contributed by atoms with E-state index in [-0.39, 0.29) is 12.5 Å². The molecule has 1 atom stereocenters. The molecular weight excluding hydrogens is 258 g/mol. The Morgan fingerprint density at radius 1 is 1.25 bits per heavy atom. The van der Waals surface area contributed by atoms with E-state index >= 15 is 0 Å². The van der Waals surface area contributed by atoms with Gasteiger partial charge in [-0.3, -0.25) is 9.59 Å². The van der Waals surface area contributed by atoms with Gasteiger partial charge in [-0.05, 0) is 26.2 Å². The number of rotatable bonds is 6. The summed E-state index contributed by atoms with van der Waals surface area (Å²) in [6.07, 6.45) is 5.81. The van der Waals surface area contributed by atoms with Gasteiger partial charge in [-0.15, -0.1) is 0 Å². The molecule has 1 aliphatic carbocycles. The van der Waals surface area contributed by atoms with Crippen LogP contribution in [0.2, 0.25) is 0 Å². The van der Waals surface area contributed by atoms with Crippen molar-refractivity contribution in [3.8, 4) is 0 Å². The van der Waals surface area contributed by atoms with Crippen molar-refractivity contribution in [2.75, 3.05) is 13.7 Å². The highest BCUT2D eigenvalue weighted by molar-refractivity contribution is 5.85. The molecule has 0 aromatic rings. The minimum atomic E-state index is -0.885. The van der Waals surface area contributed by atoms with Crippen molar-refractivity contribution < 1.29 is 19.4 Å². The third-order valence-corrected chi connectivity index (χ3v) is 4.71. The van der Waals surface area contributed by atoms with E-state index in [1.807, 2.05) is 6.92 Å². The number of carbonyl (C=O) groups excluding carboxylic acids is 1. The number of aliphatic carboxylic acids is 1. The predicted molar refractivity (Wildman–Crippen MR) is 76.5 cm³/mol. The number of methoxy groups -OCH3 is 1. The summed E-state index contributed by atoms with van der Waals surface area (Å²) in [6, 6.07) is 0. The van der Waals surface area contributed by atoms with Crippen LogP contribution in [0.1, 0.15) is 58.8 Å². The number of carboxylic acids is 1. The van der Waals surface area contributed by atoms with E-state index in [1.54, 1.807) is 6.92 Å². The van der Waals surface area contributed by atoms with E-state index in [0.717, 1.165) is 25.7 Å². The van der Waals surface area contributed by atoms with Crippen molar-refractivity contribution in [3.05, 3.63) is 0 Å². The van der Waals surface area contributed by atoms with Crippen LogP contribution >= 0.6 is 0 Å². The normalized spacial score (nSPS) is 21.6. The monoisotopic (exact) mass is 285 g/mol. The zero-order valence-corrected chi connectivity index (χ0v) is 12.8. The lowest BCUT2D eigenvalue weighted by molar-refractivity contribution is -0.151. The molecule has 0 aromatic carbocycles. The number of hydrogen-bond donors (Lipinski definition) is 2. The minimum absolute atomic E-state index is 0.195. The highest BCUT2D eigenvalue weighted by Crippen LogP contribution is 2.35. The van der Waals surface area contributed by atoms with Crippen LogP contribution in [0.4, 0.5) is 0 Å². The Hall–Kier alpha value is -1.10. The summed E-state index contributed by atoms with van der Waals surface area (Å²) in [6.45, 7) is 3.80. The summed E-state index contributed by atoms with van der Waals surface area (Å²) in [4.78, 5) is 23.8. The van der Waals surface area contributed by atoms with E-state index < -0.39 is 17.0 Å². The fourth-order valence-corrected chi connectivity index (χ4v) is 2.71. The molecule has 1 amide bonds. The van der Waals surface area contributed by atoms with Gasteiger partial charge in [-0.25, -0.2) is 0 Å². The molecule has 1 aliphatic rings. The lowest BCUT2D eigenvalue weighted by Gasteiger charge is -2.31. The SMILES string of the molecule is CCC(C)(OC)C(=O)NCC1(C(=O)O)CCCCCC1. The van der Waals surface area contributed by atoms with E-state index in [0.29, 0.717) is 19.3 Å². The molecule has 5 nitrogen and oxygen atoms in total. The topological polar surface area (TPSA) is 75.6 Å². The Labute approximate surface area is 121 Å². The first kappa shape index (κ1) is 17.0. The summed E-state index contributed by atoms with van der Waals surface area (Å²) in [5.41, 5.74) is -1.70. The van der Waals surface area contributed by atoms with Crippen molar-refractivity contribution in [3.63, 3.8) is 0 Å². The Morgan fingerprint density at radius 3 is 2.20 bits per heavy atom. The van der Waals surface area contributed by atoms with Gasteiger partial charge in [-0.1, -0.05) is 32.6 Å². The van der Waals surface area contributed by atoms with E-state index in [4.69, 9.17) is 4.74 Å². The molecule has 1 rings (SSSR count). The number of ether oxygens (including phenoxy) is 1. The Bertz CT molecular complexity index is 342. The molecule has 0 aromatic heterocycles. The zero-order valence-electron chi connectivity index (χ0n) is 12.8. The van der Waals surface area contributed by atoms with E-state index in [9.17, 15) is 14.7 Å². The van der Waals surface area contributed by atoms with Gasteiger partial charge in [0.1, 0.15) is 5.60 Å². The molecule has 0 radical (unpaired) electrons. The molecule has 1 saturated carbocycles. The van der Waals surface area contributed by atoms with E-state index in [2.05, 4.69) is 5.32 Å². The minimum Gasteiger partial charge on any atom is -0.481 e. The summed E-state index contributed by atoms with van der Waals surface area (Å²) in [7, 11) is 1.50. The number of hydrogen-bond acceptors (Lipinski definition) is 3. The largest absolute Gasteiger partial charge is 0.481 e. The molecule has 0 heterocycles. The maximum Gasteiger partial charge on any atom is 0.311 e. The highest BCUT2D eigenvalue weighted by Gasteiger charge is 2.40. The third kappa shape index (κ3) is 3.72. The van der Waals surface area contributed by atoms with Gasteiger partial charge >= 0.3 is 5.97 Å². The lowest BCUT2D eigenvalue weighted by Crippen LogP contribution is -2.50. The summed E-state index contributed by atoms with van der Waals surface area (Å²) in [5.74, 6) is -1.03. The summed E-state index contributed by atoms with van der Waals surface area (Å²) in [5, 5.41) is 12.4. The van der Waals surface area contributed by atoms with Crippen molar-refractivity contribution in [1.82, 2.24) is 5.32 Å². The van der Waals surface area contributed by atoms with Crippen molar-refractivity contribution in [1.29, 1.82) is 0 Å². The number of carboxylic acid groups (broad SMARTS) is 1. The number of carbonyl (C=O) groups is 2. The van der Waals surface area contributed by atoms with Crippen LogP contribution in [-0.4, -0.2) is 36.2 Å². The zero-order chi connectivity index (χ0) is 15.2. The molecule has 0 aliphatic heterocycles. The highest BCUT2D eigenvalue weighted by atomic mass is 16.5. The smallest absolute Gasteiger partial charge is 0.311 e. The quantitative estimate of drug-likeness (QED) is 0.734. The second-order valence-corrected chi connectivity index (χ2v) is 5.97. The van der Waals surface area contributed by atoms with Gasteiger partial charge in [0, 0.05) is 13.7 Å². The average Bonchev–Trinajstić information content (AvgIpc) is 2.70. The average molecular weight is 285 g/mol. The van der Waals surface area contributed by atoms with E-state index in [1.165, 1.54) is 7.11 Å². The molecular formula is C15H27NO4. The van der Waals surface area contributed by atoms with Crippen LogP contribution in [0.5, 0.6) is 0 Å². The third-order valence-electron chi connectivity index (χ3n) is 4.71. The molecule has 1 unspecified atom stereocenters. The first-order valence-electron chi connectivity index (χ1n) is 7.47. The van der Waals surface area contributed by atoms with Gasteiger partial charge in [-0.2, -0.15) is 0 Å². The first-order valence-corrected chi connectivity index (χ1v) is 7.47. The van der Waals surface area contributed by atoms with Crippen molar-refractivity contribution in [2.24, 2.45) is 5.41 Å². The molecule has 5 heteroatoms. The van der Waals surface area contributed by atoms with Gasteiger partial charge in [0.25, 0.3) is 5.91 Å². The molecule has 0 spiro atoms. The fraction of sp³-hybridized carbons (Fsp3) is 0.867. The predicted octanol–water partition coefficient (Wildman–Crippen LogP) is 2.34. The maximum atomic E-state index is 12.2. The first-order chi connectivity index (χ1) is 9.40. The van der Waals surface area contributed by atoms with Crippen LogP contribution in [0.15, 0.2) is 0 Å². The molecule has 2 N–H and O–H groups in total. The standard InChI is InChI=1S/C15H27NO4/c1-4-14(2,20-3)12(17)16-11-15(13(18)19)9-7-5-6-8-10-15/h4-11H2,1-3H3,(H,16,17)(H,18,19). The lowest BCUT2D eigenvalue weighted by atomic mass is 9.80. The number of nitrogens with one attached hydrogen (secondary N) is 1. The number of amides is 1. The van der Waals surface area contributed by atoms with Crippen LogP contribution in [0.3, 0.4) is 0 Å². The van der Waals surface area contributed by atoms with Crippen LogP contribution in [0, 0.1) is 5.41 Å². The Balaban J connectivity index is 2.72.